The van der Waals surface area contributed by atoms with E-state index in [1.807, 2.05) is 18.2 Å². The summed E-state index contributed by atoms with van der Waals surface area (Å²) in [4.78, 5) is 0. The zero-order chi connectivity index (χ0) is 12.0. The van der Waals surface area contributed by atoms with Gasteiger partial charge in [-0.2, -0.15) is 0 Å². The number of nitrogens with two attached hydrogens (primary N) is 1. The molecule has 0 amide bonds. The topological polar surface area (TPSA) is 26.0 Å². The summed E-state index contributed by atoms with van der Waals surface area (Å²) in [7, 11) is 0. The van der Waals surface area contributed by atoms with Crippen LogP contribution in [-0.4, -0.2) is 0 Å². The second kappa shape index (κ2) is 6.16. The molecule has 0 saturated carbocycles. The summed E-state index contributed by atoms with van der Waals surface area (Å²) in [5.74, 6) is 0. The summed E-state index contributed by atoms with van der Waals surface area (Å²) < 4.78 is 0. The van der Waals surface area contributed by atoms with Crippen LogP contribution >= 0.6 is 0 Å². The highest BCUT2D eigenvalue weighted by molar-refractivity contribution is 5.53. The van der Waals surface area contributed by atoms with Crippen molar-refractivity contribution in [3.05, 3.63) is 53.1 Å². The van der Waals surface area contributed by atoms with Crippen molar-refractivity contribution < 1.29 is 0 Å². The summed E-state index contributed by atoms with van der Waals surface area (Å²) >= 11 is 0. The number of rotatable bonds is 2. The molecule has 0 spiro atoms. The van der Waals surface area contributed by atoms with Gasteiger partial charge in [-0.25, -0.2) is 0 Å². The van der Waals surface area contributed by atoms with E-state index in [9.17, 15) is 0 Å². The Kier molecular flexibility index (Phi) is 4.84. The Morgan fingerprint density at radius 3 is 2.25 bits per heavy atom. The lowest BCUT2D eigenvalue weighted by Crippen LogP contribution is -1.96. The zero-order valence-corrected chi connectivity index (χ0v) is 10.5. The fraction of sp³-hybridized carbons (Fsp3) is 0.333. The molecule has 0 saturated heterocycles. The number of anilines is 1. The van der Waals surface area contributed by atoms with E-state index >= 15 is 0 Å². The van der Waals surface area contributed by atoms with Crippen molar-refractivity contribution in [2.45, 2.75) is 33.6 Å². The van der Waals surface area contributed by atoms with Gasteiger partial charge in [0, 0.05) is 5.69 Å². The van der Waals surface area contributed by atoms with Crippen LogP contribution in [0.2, 0.25) is 0 Å². The van der Waals surface area contributed by atoms with Gasteiger partial charge in [0.1, 0.15) is 0 Å². The number of hydrogen-bond acceptors (Lipinski definition) is 1. The molecule has 0 heterocycles. The van der Waals surface area contributed by atoms with E-state index in [1.54, 1.807) is 0 Å². The number of nitrogen functional groups attached to an aromatic ring is 1. The van der Waals surface area contributed by atoms with Crippen molar-refractivity contribution >= 4 is 5.69 Å². The predicted octanol–water partition coefficient (Wildman–Crippen LogP) is 3.96. The van der Waals surface area contributed by atoms with Crippen LogP contribution in [0.3, 0.4) is 0 Å². The summed E-state index contributed by atoms with van der Waals surface area (Å²) in [6.07, 6.45) is 2.15. The largest absolute Gasteiger partial charge is 0.398 e. The molecule has 16 heavy (non-hydrogen) atoms. The Bertz CT molecular complexity index is 406. The molecule has 0 atom stereocenters. The van der Waals surface area contributed by atoms with Crippen LogP contribution in [0.1, 0.15) is 30.0 Å². The van der Waals surface area contributed by atoms with Gasteiger partial charge >= 0.3 is 0 Å². The predicted molar refractivity (Wildman–Crippen MR) is 72.0 cm³/mol. The van der Waals surface area contributed by atoms with Crippen LogP contribution in [0.5, 0.6) is 0 Å². The Morgan fingerprint density at radius 2 is 1.62 bits per heavy atom. The number of hydrogen-bond donors (Lipinski definition) is 1. The van der Waals surface area contributed by atoms with Crippen LogP contribution in [0.15, 0.2) is 36.4 Å². The van der Waals surface area contributed by atoms with E-state index in [-0.39, 0.29) is 0 Å². The molecule has 0 aromatic heterocycles. The van der Waals surface area contributed by atoms with Gasteiger partial charge in [0.15, 0.2) is 0 Å². The minimum atomic E-state index is 0.926. The van der Waals surface area contributed by atoms with E-state index in [0.29, 0.717) is 0 Å². The second-order valence-corrected chi connectivity index (χ2v) is 4.10. The fourth-order valence-corrected chi connectivity index (χ4v) is 1.66. The lowest BCUT2D eigenvalue weighted by Gasteiger charge is -2.06. The highest BCUT2D eigenvalue weighted by Crippen LogP contribution is 2.18. The smallest absolute Gasteiger partial charge is 0.0378 e. The molecule has 0 aliphatic rings. The van der Waals surface area contributed by atoms with Crippen molar-refractivity contribution in [3.63, 3.8) is 0 Å². The average molecular weight is 215 g/mol. The van der Waals surface area contributed by atoms with Crippen LogP contribution < -0.4 is 5.73 Å². The van der Waals surface area contributed by atoms with Crippen LogP contribution in [0.25, 0.3) is 0 Å². The molecule has 0 bridgehead atoms. The third-order valence-electron chi connectivity index (χ3n) is 2.84. The van der Waals surface area contributed by atoms with Crippen LogP contribution in [0.4, 0.5) is 5.69 Å². The third kappa shape index (κ3) is 3.27. The zero-order valence-electron chi connectivity index (χ0n) is 10.5. The van der Waals surface area contributed by atoms with Crippen molar-refractivity contribution in [3.8, 4) is 0 Å². The first-order valence-corrected chi connectivity index (χ1v) is 5.84. The molecule has 1 aromatic carbocycles. The molecule has 86 valence electrons. The molecule has 0 fully saturated rings. The van der Waals surface area contributed by atoms with E-state index in [0.717, 1.165) is 18.5 Å². The highest BCUT2D eigenvalue weighted by Gasteiger charge is 1.99. The molecule has 1 nitrogen and oxygen atoms in total. The quantitative estimate of drug-likeness (QED) is 0.794. The van der Waals surface area contributed by atoms with Gasteiger partial charge in [-0.15, -0.1) is 0 Å². The summed E-state index contributed by atoms with van der Waals surface area (Å²) in [5, 5.41) is 0. The van der Waals surface area contributed by atoms with Crippen molar-refractivity contribution in [1.82, 2.24) is 0 Å². The SMILES string of the molecule is CCCc1ccccccc(C)c(C)c1N. The standard InChI is InChI=1S/C15H21N/c1-4-9-14-11-8-6-5-7-10-12(2)13(3)15(14)16/h5-8,10-11H,4,9,16H2,1-3H3. The first kappa shape index (κ1) is 12.6. The molecule has 1 rings (SSSR count). The molecule has 0 aliphatic heterocycles. The molecule has 0 aliphatic carbocycles. The van der Waals surface area contributed by atoms with Gasteiger partial charge in [-0.05, 0) is 37.0 Å². The molecule has 0 radical (unpaired) electrons. The first-order chi connectivity index (χ1) is 7.66. The maximum atomic E-state index is 6.20. The molecular formula is C15H21N. The second-order valence-electron chi connectivity index (χ2n) is 4.10. The summed E-state index contributed by atoms with van der Waals surface area (Å²) in [5.41, 5.74) is 10.8. The molecule has 0 unspecified atom stereocenters. The summed E-state index contributed by atoms with van der Waals surface area (Å²) in [6, 6.07) is 12.4. The van der Waals surface area contributed by atoms with E-state index in [2.05, 4.69) is 39.0 Å². The van der Waals surface area contributed by atoms with Crippen LogP contribution in [-0.2, 0) is 6.42 Å². The third-order valence-corrected chi connectivity index (χ3v) is 2.84. The highest BCUT2D eigenvalue weighted by atomic mass is 14.6. The lowest BCUT2D eigenvalue weighted by atomic mass is 10.0. The van der Waals surface area contributed by atoms with Gasteiger partial charge < -0.3 is 5.73 Å². The Hall–Kier alpha value is -1.50. The first-order valence-electron chi connectivity index (χ1n) is 5.84. The van der Waals surface area contributed by atoms with Gasteiger partial charge in [-0.1, -0.05) is 49.7 Å². The van der Waals surface area contributed by atoms with E-state index in [4.69, 9.17) is 5.73 Å². The summed E-state index contributed by atoms with van der Waals surface area (Å²) in [6.45, 7) is 6.36. The minimum absolute atomic E-state index is 0.926. The number of aryl methyl sites for hydroxylation is 2. The Labute approximate surface area is 98.6 Å². The Balaban J connectivity index is 3.46. The molecule has 2 N–H and O–H groups in total. The van der Waals surface area contributed by atoms with Crippen molar-refractivity contribution in [1.29, 1.82) is 0 Å². The maximum absolute atomic E-state index is 6.20. The lowest BCUT2D eigenvalue weighted by molar-refractivity contribution is 0.924. The van der Waals surface area contributed by atoms with Gasteiger partial charge in [0.25, 0.3) is 0 Å². The fourth-order valence-electron chi connectivity index (χ4n) is 1.66. The molecular weight excluding hydrogens is 194 g/mol. The van der Waals surface area contributed by atoms with Crippen LogP contribution in [0, 0.1) is 13.8 Å². The average Bonchev–Trinajstić information content (AvgIpc) is 2.29. The van der Waals surface area contributed by atoms with E-state index in [1.165, 1.54) is 16.7 Å². The minimum Gasteiger partial charge on any atom is -0.398 e. The Morgan fingerprint density at radius 1 is 1.00 bits per heavy atom. The monoisotopic (exact) mass is 215 g/mol. The van der Waals surface area contributed by atoms with E-state index < -0.39 is 0 Å². The van der Waals surface area contributed by atoms with Crippen molar-refractivity contribution in [2.24, 2.45) is 0 Å². The van der Waals surface area contributed by atoms with Crippen molar-refractivity contribution in [2.75, 3.05) is 5.73 Å². The van der Waals surface area contributed by atoms with Gasteiger partial charge in [-0.3, -0.25) is 0 Å². The van der Waals surface area contributed by atoms with Gasteiger partial charge in [0.2, 0.25) is 0 Å². The van der Waals surface area contributed by atoms with Gasteiger partial charge in [0.05, 0.1) is 0 Å². The molecule has 1 aromatic rings. The molecule has 1 heteroatoms. The normalized spacial score (nSPS) is 9.69. The maximum Gasteiger partial charge on any atom is 0.0378 e.